The smallest absolute Gasteiger partial charge is 0.255 e. The molecular formula is C18H19N3O2. The van der Waals surface area contributed by atoms with Gasteiger partial charge in [-0.1, -0.05) is 0 Å². The summed E-state index contributed by atoms with van der Waals surface area (Å²) < 4.78 is 7.19. The number of hydrogen-bond donors (Lipinski definition) is 1. The van der Waals surface area contributed by atoms with Gasteiger partial charge in [-0.05, 0) is 56.3 Å². The third kappa shape index (κ3) is 3.04. The first-order valence-corrected chi connectivity index (χ1v) is 7.50. The van der Waals surface area contributed by atoms with Gasteiger partial charge in [0.25, 0.3) is 5.91 Å². The first kappa shape index (κ1) is 15.1. The van der Waals surface area contributed by atoms with Crippen LogP contribution in [-0.4, -0.2) is 22.6 Å². The Kier molecular flexibility index (Phi) is 4.02. The van der Waals surface area contributed by atoms with Gasteiger partial charge in [0.1, 0.15) is 5.75 Å². The Morgan fingerprint density at radius 1 is 1.17 bits per heavy atom. The highest BCUT2D eigenvalue weighted by atomic mass is 16.5. The normalized spacial score (nSPS) is 11.0. The molecule has 0 saturated carbocycles. The number of anilines is 1. The lowest BCUT2D eigenvalue weighted by molar-refractivity contribution is 0.102. The van der Waals surface area contributed by atoms with Crippen molar-refractivity contribution in [2.45, 2.75) is 19.9 Å². The summed E-state index contributed by atoms with van der Waals surface area (Å²) in [6.07, 6.45) is 1.81. The van der Waals surface area contributed by atoms with Gasteiger partial charge in [0.2, 0.25) is 0 Å². The number of amides is 1. The predicted octanol–water partition coefficient (Wildman–Crippen LogP) is 3.88. The van der Waals surface area contributed by atoms with Crippen molar-refractivity contribution < 1.29 is 9.53 Å². The second-order valence-corrected chi connectivity index (χ2v) is 5.63. The summed E-state index contributed by atoms with van der Waals surface area (Å²) in [4.78, 5) is 16.8. The number of carbonyl (C=O) groups is 1. The van der Waals surface area contributed by atoms with Crippen molar-refractivity contribution in [1.82, 2.24) is 9.55 Å². The van der Waals surface area contributed by atoms with Gasteiger partial charge in [-0.25, -0.2) is 4.98 Å². The zero-order valence-electron chi connectivity index (χ0n) is 13.4. The van der Waals surface area contributed by atoms with Crippen molar-refractivity contribution in [2.75, 3.05) is 12.4 Å². The minimum absolute atomic E-state index is 0.156. The van der Waals surface area contributed by atoms with Crippen LogP contribution in [0.15, 0.2) is 48.8 Å². The predicted molar refractivity (Wildman–Crippen MR) is 91.1 cm³/mol. The summed E-state index contributed by atoms with van der Waals surface area (Å²) in [6, 6.07) is 13.1. The lowest BCUT2D eigenvalue weighted by atomic mass is 10.1. The van der Waals surface area contributed by atoms with Crippen LogP contribution in [-0.2, 0) is 0 Å². The van der Waals surface area contributed by atoms with Crippen molar-refractivity contribution in [3.8, 4) is 5.75 Å². The molecule has 0 aliphatic heterocycles. The third-order valence-electron chi connectivity index (χ3n) is 3.74. The number of nitrogens with one attached hydrogen (secondary N) is 1. The van der Waals surface area contributed by atoms with E-state index in [0.29, 0.717) is 11.6 Å². The Morgan fingerprint density at radius 3 is 2.57 bits per heavy atom. The topological polar surface area (TPSA) is 56.1 Å². The zero-order chi connectivity index (χ0) is 16.4. The Bertz CT molecular complexity index is 835. The summed E-state index contributed by atoms with van der Waals surface area (Å²) >= 11 is 0. The molecule has 0 unspecified atom stereocenters. The summed E-state index contributed by atoms with van der Waals surface area (Å²) in [5, 5.41) is 2.87. The maximum absolute atomic E-state index is 12.4. The summed E-state index contributed by atoms with van der Waals surface area (Å²) in [6.45, 7) is 4.21. The van der Waals surface area contributed by atoms with Gasteiger partial charge < -0.3 is 14.6 Å². The lowest BCUT2D eigenvalue weighted by Crippen LogP contribution is -2.11. The fourth-order valence-electron chi connectivity index (χ4n) is 2.46. The number of imidazole rings is 1. The molecule has 0 spiro atoms. The summed E-state index contributed by atoms with van der Waals surface area (Å²) in [5.41, 5.74) is 3.16. The minimum Gasteiger partial charge on any atom is -0.497 e. The molecule has 0 atom stereocenters. The molecule has 3 aromatic rings. The van der Waals surface area contributed by atoms with E-state index in [1.807, 2.05) is 42.5 Å². The van der Waals surface area contributed by atoms with Crippen LogP contribution in [0.1, 0.15) is 30.2 Å². The molecule has 0 aliphatic rings. The van der Waals surface area contributed by atoms with Crippen LogP contribution in [0, 0.1) is 0 Å². The van der Waals surface area contributed by atoms with Crippen LogP contribution >= 0.6 is 0 Å². The van der Waals surface area contributed by atoms with Crippen molar-refractivity contribution >= 4 is 22.6 Å². The molecule has 0 saturated heterocycles. The highest BCUT2D eigenvalue weighted by Crippen LogP contribution is 2.20. The Hall–Kier alpha value is -2.82. The van der Waals surface area contributed by atoms with E-state index in [1.54, 1.807) is 13.4 Å². The molecule has 0 bridgehead atoms. The second kappa shape index (κ2) is 6.12. The van der Waals surface area contributed by atoms with Crippen molar-refractivity contribution in [2.24, 2.45) is 0 Å². The van der Waals surface area contributed by atoms with Gasteiger partial charge in [-0.2, -0.15) is 0 Å². The molecule has 1 aromatic heterocycles. The molecular weight excluding hydrogens is 290 g/mol. The molecule has 5 heteroatoms. The maximum atomic E-state index is 12.4. The molecule has 5 nitrogen and oxygen atoms in total. The zero-order valence-corrected chi connectivity index (χ0v) is 13.4. The number of ether oxygens (including phenoxy) is 1. The van der Waals surface area contributed by atoms with Crippen molar-refractivity contribution in [3.63, 3.8) is 0 Å². The average molecular weight is 309 g/mol. The number of aromatic nitrogens is 2. The highest BCUT2D eigenvalue weighted by Gasteiger charge is 2.11. The van der Waals surface area contributed by atoms with Crippen LogP contribution in [0.3, 0.4) is 0 Å². The number of hydrogen-bond acceptors (Lipinski definition) is 3. The molecule has 118 valence electrons. The molecule has 0 fully saturated rings. The Labute approximate surface area is 134 Å². The fraction of sp³-hybridized carbons (Fsp3) is 0.222. The quantitative estimate of drug-likeness (QED) is 0.795. The standard InChI is InChI=1S/C18H19N3O2/c1-12(2)21-11-19-16-10-13(4-9-17(16)21)18(22)20-14-5-7-15(23-3)8-6-14/h4-12H,1-3H3,(H,20,22). The van der Waals surface area contributed by atoms with E-state index in [-0.39, 0.29) is 5.91 Å². The SMILES string of the molecule is COc1ccc(NC(=O)c2ccc3c(c2)ncn3C(C)C)cc1. The van der Waals surface area contributed by atoms with E-state index in [2.05, 4.69) is 28.7 Å². The van der Waals surface area contributed by atoms with Gasteiger partial charge in [-0.15, -0.1) is 0 Å². The molecule has 3 rings (SSSR count). The van der Waals surface area contributed by atoms with Crippen LogP contribution in [0.25, 0.3) is 11.0 Å². The molecule has 23 heavy (non-hydrogen) atoms. The molecule has 1 N–H and O–H groups in total. The van der Waals surface area contributed by atoms with Gasteiger partial charge in [0.05, 0.1) is 24.5 Å². The van der Waals surface area contributed by atoms with E-state index >= 15 is 0 Å². The molecule has 0 aliphatic carbocycles. The van der Waals surface area contributed by atoms with Crippen molar-refractivity contribution in [1.29, 1.82) is 0 Å². The van der Waals surface area contributed by atoms with Gasteiger partial charge in [0, 0.05) is 17.3 Å². The van der Waals surface area contributed by atoms with E-state index in [4.69, 9.17) is 4.74 Å². The maximum Gasteiger partial charge on any atom is 0.255 e. The van der Waals surface area contributed by atoms with Crippen molar-refractivity contribution in [3.05, 3.63) is 54.4 Å². The first-order valence-electron chi connectivity index (χ1n) is 7.50. The van der Waals surface area contributed by atoms with Crippen LogP contribution in [0.4, 0.5) is 5.69 Å². The number of carbonyl (C=O) groups excluding carboxylic acids is 1. The fourth-order valence-corrected chi connectivity index (χ4v) is 2.46. The van der Waals surface area contributed by atoms with E-state index in [1.165, 1.54) is 0 Å². The number of benzene rings is 2. The molecule has 1 amide bonds. The summed E-state index contributed by atoms with van der Waals surface area (Å²) in [5.74, 6) is 0.597. The van der Waals surface area contributed by atoms with Gasteiger partial charge >= 0.3 is 0 Å². The third-order valence-corrected chi connectivity index (χ3v) is 3.74. The van der Waals surface area contributed by atoms with E-state index < -0.39 is 0 Å². The number of nitrogens with zero attached hydrogens (tertiary/aromatic N) is 2. The monoisotopic (exact) mass is 309 g/mol. The molecule has 0 radical (unpaired) electrons. The van der Waals surface area contributed by atoms with Crippen LogP contribution in [0.2, 0.25) is 0 Å². The summed E-state index contributed by atoms with van der Waals surface area (Å²) in [7, 11) is 1.61. The van der Waals surface area contributed by atoms with Gasteiger partial charge in [-0.3, -0.25) is 4.79 Å². The number of methoxy groups -OCH3 is 1. The van der Waals surface area contributed by atoms with E-state index in [0.717, 1.165) is 22.5 Å². The van der Waals surface area contributed by atoms with Gasteiger partial charge in [0.15, 0.2) is 0 Å². The Morgan fingerprint density at radius 2 is 1.91 bits per heavy atom. The lowest BCUT2D eigenvalue weighted by Gasteiger charge is -2.09. The highest BCUT2D eigenvalue weighted by molar-refractivity contribution is 6.05. The average Bonchev–Trinajstić information content (AvgIpc) is 2.98. The largest absolute Gasteiger partial charge is 0.497 e. The van der Waals surface area contributed by atoms with Crippen LogP contribution in [0.5, 0.6) is 5.75 Å². The Balaban J connectivity index is 1.82. The molecule has 1 heterocycles. The minimum atomic E-state index is -0.156. The molecule has 2 aromatic carbocycles. The number of rotatable bonds is 4. The number of fused-ring (bicyclic) bond motifs is 1. The second-order valence-electron chi connectivity index (χ2n) is 5.63. The van der Waals surface area contributed by atoms with Crippen LogP contribution < -0.4 is 10.1 Å². The first-order chi connectivity index (χ1) is 11.1. The van der Waals surface area contributed by atoms with E-state index in [9.17, 15) is 4.79 Å².